The van der Waals surface area contributed by atoms with Crippen molar-refractivity contribution in [3.05, 3.63) is 48.6 Å². The largest absolute Gasteiger partial charge is 0.370 e. The van der Waals surface area contributed by atoms with Crippen LogP contribution in [0.15, 0.2) is 48.6 Å². The standard InChI is InChI=1S/C14H21NO/c1-2-3-4-5-6-7-8-9-10-11-12-13-14(15)16/h3-4,6-11H,2,5,12-13H2,1H3,(H2,15,16)/b4-3+,7-6+,9-8+,11-10+. The maximum absolute atomic E-state index is 10.4. The Bertz CT molecular complexity index is 285. The van der Waals surface area contributed by atoms with E-state index in [0.29, 0.717) is 12.8 Å². The summed E-state index contributed by atoms with van der Waals surface area (Å²) in [5.41, 5.74) is 5.00. The summed E-state index contributed by atoms with van der Waals surface area (Å²) in [6, 6.07) is 0. The number of rotatable bonds is 8. The Morgan fingerprint density at radius 3 is 2.31 bits per heavy atom. The smallest absolute Gasteiger partial charge is 0.217 e. The molecule has 0 fully saturated rings. The lowest BCUT2D eigenvalue weighted by Crippen LogP contribution is -2.08. The molecule has 0 radical (unpaired) electrons. The summed E-state index contributed by atoms with van der Waals surface area (Å²) >= 11 is 0. The molecule has 0 saturated heterocycles. The molecule has 2 heteroatoms. The number of primary amides is 1. The van der Waals surface area contributed by atoms with Gasteiger partial charge in [-0.05, 0) is 19.3 Å². The third kappa shape index (κ3) is 12.4. The molecule has 0 unspecified atom stereocenters. The van der Waals surface area contributed by atoms with E-state index in [2.05, 4.69) is 25.2 Å². The van der Waals surface area contributed by atoms with Gasteiger partial charge in [-0.3, -0.25) is 4.79 Å². The van der Waals surface area contributed by atoms with Crippen molar-refractivity contribution in [3.8, 4) is 0 Å². The van der Waals surface area contributed by atoms with E-state index in [1.807, 2.05) is 30.4 Å². The molecule has 0 aliphatic heterocycles. The lowest BCUT2D eigenvalue weighted by atomic mass is 10.2. The Balaban J connectivity index is 3.53. The van der Waals surface area contributed by atoms with E-state index in [-0.39, 0.29) is 5.91 Å². The second kappa shape index (κ2) is 11.5. The molecule has 0 aliphatic carbocycles. The molecule has 0 rings (SSSR count). The van der Waals surface area contributed by atoms with Gasteiger partial charge in [-0.2, -0.15) is 0 Å². The van der Waals surface area contributed by atoms with Crippen LogP contribution in [0.2, 0.25) is 0 Å². The molecular formula is C14H21NO. The highest BCUT2D eigenvalue weighted by molar-refractivity contribution is 5.73. The SMILES string of the molecule is CC/C=C/C/C=C/C=C/C=C/CCC(N)=O. The number of nitrogens with two attached hydrogens (primary N) is 1. The third-order valence-corrected chi connectivity index (χ3v) is 1.84. The first kappa shape index (κ1) is 14.4. The topological polar surface area (TPSA) is 43.1 Å². The van der Waals surface area contributed by atoms with Crippen molar-refractivity contribution < 1.29 is 4.79 Å². The van der Waals surface area contributed by atoms with Crippen LogP contribution in [0, 0.1) is 0 Å². The first-order valence-electron chi connectivity index (χ1n) is 5.69. The zero-order valence-corrected chi connectivity index (χ0v) is 9.93. The lowest BCUT2D eigenvalue weighted by molar-refractivity contribution is -0.117. The fourth-order valence-corrected chi connectivity index (χ4v) is 1.03. The van der Waals surface area contributed by atoms with Crippen LogP contribution in [0.5, 0.6) is 0 Å². The maximum Gasteiger partial charge on any atom is 0.217 e. The van der Waals surface area contributed by atoms with Crippen molar-refractivity contribution in [2.24, 2.45) is 5.73 Å². The van der Waals surface area contributed by atoms with Crippen LogP contribution >= 0.6 is 0 Å². The second-order valence-electron chi connectivity index (χ2n) is 3.36. The van der Waals surface area contributed by atoms with Gasteiger partial charge in [-0.15, -0.1) is 0 Å². The minimum absolute atomic E-state index is 0.253. The Morgan fingerprint density at radius 2 is 1.69 bits per heavy atom. The number of carbonyl (C=O) groups excluding carboxylic acids is 1. The molecule has 1 amide bonds. The van der Waals surface area contributed by atoms with E-state index in [9.17, 15) is 4.79 Å². The summed E-state index contributed by atoms with van der Waals surface area (Å²) in [7, 11) is 0. The summed E-state index contributed by atoms with van der Waals surface area (Å²) < 4.78 is 0. The molecule has 0 aliphatic rings. The maximum atomic E-state index is 10.4. The van der Waals surface area contributed by atoms with Gasteiger partial charge in [0.1, 0.15) is 0 Å². The van der Waals surface area contributed by atoms with Crippen LogP contribution in [-0.2, 0) is 4.79 Å². The van der Waals surface area contributed by atoms with Crippen molar-refractivity contribution in [3.63, 3.8) is 0 Å². The van der Waals surface area contributed by atoms with Crippen molar-refractivity contribution in [1.82, 2.24) is 0 Å². The molecular weight excluding hydrogens is 198 g/mol. The second-order valence-corrected chi connectivity index (χ2v) is 3.36. The van der Waals surface area contributed by atoms with Crippen LogP contribution in [0.1, 0.15) is 32.6 Å². The van der Waals surface area contributed by atoms with Crippen LogP contribution in [0.4, 0.5) is 0 Å². The highest BCUT2D eigenvalue weighted by atomic mass is 16.1. The fraction of sp³-hybridized carbons (Fsp3) is 0.357. The van der Waals surface area contributed by atoms with Crippen LogP contribution in [0.3, 0.4) is 0 Å². The van der Waals surface area contributed by atoms with Gasteiger partial charge in [0.05, 0.1) is 0 Å². The van der Waals surface area contributed by atoms with Gasteiger partial charge >= 0.3 is 0 Å². The van der Waals surface area contributed by atoms with Crippen molar-refractivity contribution in [1.29, 1.82) is 0 Å². The van der Waals surface area contributed by atoms with Gasteiger partial charge < -0.3 is 5.73 Å². The highest BCUT2D eigenvalue weighted by Crippen LogP contribution is 1.91. The molecule has 0 aromatic carbocycles. The number of carbonyl (C=O) groups is 1. The molecule has 0 aromatic heterocycles. The third-order valence-electron chi connectivity index (χ3n) is 1.84. The average Bonchev–Trinajstić information content (AvgIpc) is 2.25. The summed E-state index contributed by atoms with van der Waals surface area (Å²) in [6.45, 7) is 2.12. The minimum atomic E-state index is -0.253. The molecule has 0 heterocycles. The Kier molecular flexibility index (Phi) is 10.4. The van der Waals surface area contributed by atoms with E-state index in [1.54, 1.807) is 0 Å². The minimum Gasteiger partial charge on any atom is -0.370 e. The molecule has 0 aromatic rings. The van der Waals surface area contributed by atoms with Gasteiger partial charge in [0.25, 0.3) is 0 Å². The zero-order chi connectivity index (χ0) is 12.1. The van der Waals surface area contributed by atoms with Gasteiger partial charge in [-0.1, -0.05) is 55.5 Å². The number of hydrogen-bond donors (Lipinski definition) is 1. The quantitative estimate of drug-likeness (QED) is 0.494. The molecule has 0 spiro atoms. The van der Waals surface area contributed by atoms with Crippen LogP contribution in [0.25, 0.3) is 0 Å². The average molecular weight is 219 g/mol. The monoisotopic (exact) mass is 219 g/mol. The highest BCUT2D eigenvalue weighted by Gasteiger charge is 1.87. The number of hydrogen-bond acceptors (Lipinski definition) is 1. The number of allylic oxidation sites excluding steroid dienone is 8. The molecule has 0 saturated carbocycles. The molecule has 88 valence electrons. The Labute approximate surface area is 98.2 Å². The lowest BCUT2D eigenvalue weighted by Gasteiger charge is -1.85. The predicted molar refractivity (Wildman–Crippen MR) is 69.9 cm³/mol. The van der Waals surface area contributed by atoms with Crippen LogP contribution < -0.4 is 5.73 Å². The van der Waals surface area contributed by atoms with Crippen molar-refractivity contribution in [2.75, 3.05) is 0 Å². The fourth-order valence-electron chi connectivity index (χ4n) is 1.03. The van der Waals surface area contributed by atoms with Crippen molar-refractivity contribution in [2.45, 2.75) is 32.6 Å². The van der Waals surface area contributed by atoms with Gasteiger partial charge in [0.15, 0.2) is 0 Å². The van der Waals surface area contributed by atoms with E-state index < -0.39 is 0 Å². The molecule has 2 nitrogen and oxygen atoms in total. The Morgan fingerprint density at radius 1 is 1.00 bits per heavy atom. The molecule has 0 atom stereocenters. The first-order chi connectivity index (χ1) is 7.77. The van der Waals surface area contributed by atoms with Gasteiger partial charge in [0, 0.05) is 6.42 Å². The summed E-state index contributed by atoms with van der Waals surface area (Å²) in [5, 5.41) is 0. The molecule has 2 N–H and O–H groups in total. The normalized spacial score (nSPS) is 12.6. The van der Waals surface area contributed by atoms with Gasteiger partial charge in [0.2, 0.25) is 5.91 Å². The summed E-state index contributed by atoms with van der Waals surface area (Å²) in [4.78, 5) is 10.4. The van der Waals surface area contributed by atoms with E-state index >= 15 is 0 Å². The molecule has 0 bridgehead atoms. The van der Waals surface area contributed by atoms with E-state index in [0.717, 1.165) is 12.8 Å². The molecule has 16 heavy (non-hydrogen) atoms. The zero-order valence-electron chi connectivity index (χ0n) is 9.93. The summed E-state index contributed by atoms with van der Waals surface area (Å²) in [5.74, 6) is -0.253. The Hall–Kier alpha value is -1.57. The van der Waals surface area contributed by atoms with E-state index in [1.165, 1.54) is 0 Å². The van der Waals surface area contributed by atoms with Crippen molar-refractivity contribution >= 4 is 5.91 Å². The van der Waals surface area contributed by atoms with Crippen LogP contribution in [-0.4, -0.2) is 5.91 Å². The van der Waals surface area contributed by atoms with E-state index in [4.69, 9.17) is 5.73 Å². The first-order valence-corrected chi connectivity index (χ1v) is 5.69. The number of amides is 1. The predicted octanol–water partition coefficient (Wildman–Crippen LogP) is 3.28. The summed E-state index contributed by atoms with van der Waals surface area (Å²) in [6.07, 6.45) is 19.4. The van der Waals surface area contributed by atoms with Gasteiger partial charge in [-0.25, -0.2) is 0 Å².